The van der Waals surface area contributed by atoms with Gasteiger partial charge >= 0.3 is 0 Å². The molecule has 3 aliphatic heterocycles. The molecule has 0 aliphatic carbocycles. The number of nitrogens with two attached hydrogens (primary N) is 1. The van der Waals surface area contributed by atoms with Gasteiger partial charge in [-0.2, -0.15) is 0 Å². The first kappa shape index (κ1) is 26.1. The molecule has 3 rings (SSSR count). The first-order valence-electron chi connectivity index (χ1n) is 11.0. The maximum absolute atomic E-state index is 10.7. The third-order valence-corrected chi connectivity index (χ3v) is 7.12. The zero-order valence-corrected chi connectivity index (χ0v) is 18.7. The molecule has 1 spiro atoms. The first-order chi connectivity index (χ1) is 15.4. The molecular weight excluding hydrogens is 446 g/mol. The lowest BCUT2D eigenvalue weighted by molar-refractivity contribution is -0.320. The van der Waals surface area contributed by atoms with Gasteiger partial charge in [-0.25, -0.2) is 0 Å². The monoisotopic (exact) mass is 481 g/mol. The van der Waals surface area contributed by atoms with Gasteiger partial charge in [-0.3, -0.25) is 0 Å². The molecule has 32 heavy (non-hydrogen) atoms. The highest BCUT2D eigenvalue weighted by Gasteiger charge is 2.54. The fraction of sp³-hybridized carbons (Fsp3) is 0.900. The van der Waals surface area contributed by atoms with Gasteiger partial charge in [0.15, 0.2) is 6.29 Å². The van der Waals surface area contributed by atoms with Crippen molar-refractivity contribution in [1.29, 1.82) is 0 Å². The van der Waals surface area contributed by atoms with E-state index in [1.165, 1.54) is 11.8 Å². The van der Waals surface area contributed by atoms with Crippen LogP contribution >= 0.6 is 11.8 Å². The number of unbranched alkanes of at least 4 members (excludes halogenated alkanes) is 3. The van der Waals surface area contributed by atoms with Crippen molar-refractivity contribution in [3.05, 3.63) is 10.7 Å². The lowest BCUT2D eigenvalue weighted by atomic mass is 9.93. The summed E-state index contributed by atoms with van der Waals surface area (Å²) in [6.07, 6.45) is -4.90. The predicted octanol–water partition coefficient (Wildman–Crippen LogP) is -1.86. The summed E-state index contributed by atoms with van der Waals surface area (Å²) in [5.41, 5.74) is 5.50. The summed E-state index contributed by atoms with van der Waals surface area (Å²) in [4.78, 5) is 0.512. The van der Waals surface area contributed by atoms with Crippen LogP contribution in [0.1, 0.15) is 32.1 Å². The minimum absolute atomic E-state index is 0.112. The molecule has 0 aromatic heterocycles. The van der Waals surface area contributed by atoms with E-state index in [1.54, 1.807) is 0 Å². The Hall–Kier alpha value is -0.510. The van der Waals surface area contributed by atoms with Crippen LogP contribution in [0, 0.1) is 0 Å². The second-order valence-corrected chi connectivity index (χ2v) is 9.35. The molecule has 186 valence electrons. The Balaban J connectivity index is 1.74. The van der Waals surface area contributed by atoms with E-state index in [0.29, 0.717) is 18.1 Å². The smallest absolute Gasteiger partial charge is 0.222 e. The van der Waals surface area contributed by atoms with E-state index in [4.69, 9.17) is 24.7 Å². The summed E-state index contributed by atoms with van der Waals surface area (Å²) in [6, 6.07) is 0. The van der Waals surface area contributed by atoms with Crippen LogP contribution in [0.5, 0.6) is 0 Å². The molecule has 12 heteroatoms. The Morgan fingerprint density at radius 3 is 2.59 bits per heavy atom. The molecule has 3 heterocycles. The highest BCUT2D eigenvalue weighted by molar-refractivity contribution is 8.03. The third kappa shape index (κ3) is 5.76. The average Bonchev–Trinajstić information content (AvgIpc) is 2.79. The van der Waals surface area contributed by atoms with Crippen LogP contribution in [-0.2, 0) is 18.9 Å². The molecule has 1 fully saturated rings. The molecule has 0 amide bonds. The first-order valence-corrected chi connectivity index (χ1v) is 12.0. The van der Waals surface area contributed by atoms with Crippen LogP contribution in [0.3, 0.4) is 0 Å². The molecule has 1 saturated heterocycles. The van der Waals surface area contributed by atoms with Crippen LogP contribution in [0.15, 0.2) is 10.7 Å². The number of ether oxygens (including phenoxy) is 4. The molecule has 8 N–H and O–H groups in total. The second kappa shape index (κ2) is 11.8. The van der Waals surface area contributed by atoms with Crippen LogP contribution in [0.4, 0.5) is 0 Å². The molecule has 0 aromatic carbocycles. The Kier molecular flexibility index (Phi) is 9.59. The van der Waals surface area contributed by atoms with E-state index in [1.807, 2.05) is 0 Å². The van der Waals surface area contributed by atoms with E-state index < -0.39 is 61.9 Å². The maximum atomic E-state index is 10.7. The minimum Gasteiger partial charge on any atom is -0.462 e. The molecular formula is C20H35NO10S. The topological polar surface area (TPSA) is 184 Å². The van der Waals surface area contributed by atoms with Crippen molar-refractivity contribution < 1.29 is 49.6 Å². The van der Waals surface area contributed by atoms with Gasteiger partial charge in [0.2, 0.25) is 5.79 Å². The number of thioether (sulfide) groups is 1. The summed E-state index contributed by atoms with van der Waals surface area (Å²) in [5.74, 6) is -1.17. The van der Waals surface area contributed by atoms with E-state index in [9.17, 15) is 30.6 Å². The van der Waals surface area contributed by atoms with Gasteiger partial charge in [0.05, 0.1) is 36.6 Å². The Morgan fingerprint density at radius 1 is 1.16 bits per heavy atom. The lowest BCUT2D eigenvalue weighted by Gasteiger charge is -2.50. The Bertz CT molecular complexity index is 640. The zero-order valence-electron chi connectivity index (χ0n) is 17.9. The fourth-order valence-electron chi connectivity index (χ4n) is 4.03. The Labute approximate surface area is 191 Å². The van der Waals surface area contributed by atoms with Crippen molar-refractivity contribution in [3.63, 3.8) is 0 Å². The largest absolute Gasteiger partial charge is 0.462 e. The maximum Gasteiger partial charge on any atom is 0.222 e. The number of rotatable bonds is 10. The Morgan fingerprint density at radius 2 is 1.91 bits per heavy atom. The van der Waals surface area contributed by atoms with Gasteiger partial charge in [-0.05, 0) is 19.4 Å². The van der Waals surface area contributed by atoms with Gasteiger partial charge < -0.3 is 55.3 Å². The third-order valence-electron chi connectivity index (χ3n) is 5.84. The van der Waals surface area contributed by atoms with Crippen molar-refractivity contribution in [2.24, 2.45) is 5.73 Å². The highest BCUT2D eigenvalue weighted by atomic mass is 32.2. The van der Waals surface area contributed by atoms with Gasteiger partial charge in [0.1, 0.15) is 36.3 Å². The molecule has 0 bridgehead atoms. The predicted molar refractivity (Wildman–Crippen MR) is 113 cm³/mol. The summed E-state index contributed by atoms with van der Waals surface area (Å²) >= 11 is 1.26. The quantitative estimate of drug-likeness (QED) is 0.173. The second-order valence-electron chi connectivity index (χ2n) is 8.33. The van der Waals surface area contributed by atoms with Crippen LogP contribution in [0.2, 0.25) is 0 Å². The van der Waals surface area contributed by atoms with Crippen molar-refractivity contribution in [2.75, 3.05) is 32.1 Å². The van der Waals surface area contributed by atoms with Crippen molar-refractivity contribution in [1.82, 2.24) is 0 Å². The highest BCUT2D eigenvalue weighted by Crippen LogP contribution is 2.47. The van der Waals surface area contributed by atoms with E-state index in [2.05, 4.69) is 0 Å². The summed E-state index contributed by atoms with van der Waals surface area (Å²) in [5, 5.41) is 60.2. The fourth-order valence-corrected chi connectivity index (χ4v) is 5.22. The minimum atomic E-state index is -1.45. The number of aliphatic hydroxyl groups is 6. The molecule has 0 aromatic rings. The number of hydrogen-bond donors (Lipinski definition) is 7. The van der Waals surface area contributed by atoms with Crippen molar-refractivity contribution in [3.8, 4) is 0 Å². The van der Waals surface area contributed by atoms with E-state index >= 15 is 0 Å². The standard InChI is InChI=1S/C20H35NO10S/c21-5-3-1-2-4-6-28-19-18-17(15(27)13(9-23)29-19)31-20(10-32-18)7-11(24)14(26)16(30-20)12(25)8-22/h11-16,19,22-27H,1-10,21H2/t11-,12+,13+,14-,15-,16-,19?,20-/m0/s1. The normalized spacial score (nSPS) is 38.5. The molecule has 11 nitrogen and oxygen atoms in total. The average molecular weight is 482 g/mol. The zero-order chi connectivity index (χ0) is 23.3. The van der Waals surface area contributed by atoms with E-state index in [0.717, 1.165) is 25.7 Å². The van der Waals surface area contributed by atoms with Gasteiger partial charge in [-0.1, -0.05) is 12.8 Å². The van der Waals surface area contributed by atoms with Crippen LogP contribution in [0.25, 0.3) is 0 Å². The van der Waals surface area contributed by atoms with Gasteiger partial charge in [0, 0.05) is 6.42 Å². The summed E-state index contributed by atoms with van der Waals surface area (Å²) in [6.45, 7) is -0.0734. The summed E-state index contributed by atoms with van der Waals surface area (Å²) < 4.78 is 23.5. The van der Waals surface area contributed by atoms with Crippen molar-refractivity contribution >= 4 is 11.8 Å². The lowest BCUT2D eigenvalue weighted by Crippen LogP contribution is -2.62. The molecule has 8 atom stereocenters. The molecule has 0 saturated carbocycles. The van der Waals surface area contributed by atoms with Gasteiger partial charge in [-0.15, -0.1) is 11.8 Å². The van der Waals surface area contributed by atoms with Crippen molar-refractivity contribution in [2.45, 2.75) is 80.8 Å². The van der Waals surface area contributed by atoms with Gasteiger partial charge in [0.25, 0.3) is 0 Å². The summed E-state index contributed by atoms with van der Waals surface area (Å²) in [7, 11) is 0. The molecule has 1 unspecified atom stereocenters. The van der Waals surface area contributed by atoms with Crippen LogP contribution in [-0.4, -0.2) is 111 Å². The molecule has 3 aliphatic rings. The van der Waals surface area contributed by atoms with Crippen LogP contribution < -0.4 is 5.73 Å². The number of aliphatic hydroxyl groups excluding tert-OH is 6. The molecule has 0 radical (unpaired) electrons. The van der Waals surface area contributed by atoms with E-state index in [-0.39, 0.29) is 17.9 Å². The SMILES string of the molecule is NCCCCCCOC1O[C@H](CO)[C@H](O)C2=C1SC[C@]1(C[C@H](O)[C@H](O)[C@H]([C@H](O)CO)O1)O2. The number of hydrogen-bond acceptors (Lipinski definition) is 12.